The van der Waals surface area contributed by atoms with E-state index in [1.54, 1.807) is 48.5 Å². The molecule has 0 bridgehead atoms. The van der Waals surface area contributed by atoms with Crippen molar-refractivity contribution in [1.29, 1.82) is 0 Å². The van der Waals surface area contributed by atoms with Crippen LogP contribution in [0.3, 0.4) is 0 Å². The molecule has 1 aliphatic rings. The Hall–Kier alpha value is -3.73. The van der Waals surface area contributed by atoms with Gasteiger partial charge in [-0.25, -0.2) is 0 Å². The van der Waals surface area contributed by atoms with Crippen molar-refractivity contribution in [2.75, 3.05) is 0 Å². The number of halogens is 3. The van der Waals surface area contributed by atoms with Crippen LogP contribution in [0.4, 0.5) is 13.2 Å². The number of rotatable bonds is 4. The minimum atomic E-state index is -4.78. The van der Waals surface area contributed by atoms with Gasteiger partial charge in [0.25, 0.3) is 0 Å². The van der Waals surface area contributed by atoms with Crippen LogP contribution in [-0.4, -0.2) is 16.9 Å². The van der Waals surface area contributed by atoms with Crippen LogP contribution in [0.25, 0.3) is 27.6 Å². The van der Waals surface area contributed by atoms with E-state index < -0.39 is 17.5 Å². The quantitative estimate of drug-likeness (QED) is 0.329. The first-order chi connectivity index (χ1) is 15.9. The zero-order valence-electron chi connectivity index (χ0n) is 17.9. The highest BCUT2D eigenvalue weighted by molar-refractivity contribution is 6.26. The fourth-order valence-corrected chi connectivity index (χ4v) is 4.50. The molecule has 0 spiro atoms. The Morgan fingerprint density at radius 2 is 1.42 bits per heavy atom. The van der Waals surface area contributed by atoms with Crippen LogP contribution in [0, 0.1) is 0 Å². The highest BCUT2D eigenvalue weighted by Crippen LogP contribution is 2.46. The van der Waals surface area contributed by atoms with E-state index in [0.29, 0.717) is 22.0 Å². The van der Waals surface area contributed by atoms with Gasteiger partial charge in [0, 0.05) is 28.3 Å². The maximum absolute atomic E-state index is 14.1. The predicted octanol–water partition coefficient (Wildman–Crippen LogP) is 7.41. The van der Waals surface area contributed by atoms with E-state index in [9.17, 15) is 18.0 Å². The second-order valence-corrected chi connectivity index (χ2v) is 8.17. The Bertz CT molecular complexity index is 1400. The number of allylic oxidation sites excluding steroid dienone is 1. The molecular formula is C28H20F3NO. The number of fused-ring (bicyclic) bond motifs is 3. The zero-order chi connectivity index (χ0) is 23.2. The summed E-state index contributed by atoms with van der Waals surface area (Å²) in [4.78, 5) is 17.0. The summed E-state index contributed by atoms with van der Waals surface area (Å²) in [6.45, 7) is 2.13. The molecule has 0 unspecified atom stereocenters. The first-order valence-corrected chi connectivity index (χ1v) is 10.8. The van der Waals surface area contributed by atoms with Crippen molar-refractivity contribution < 1.29 is 18.0 Å². The highest BCUT2D eigenvalue weighted by atomic mass is 19.4. The molecule has 0 aliphatic heterocycles. The molecule has 0 saturated carbocycles. The summed E-state index contributed by atoms with van der Waals surface area (Å²) < 4.78 is 42.2. The van der Waals surface area contributed by atoms with Crippen LogP contribution in [0.1, 0.15) is 40.4 Å². The van der Waals surface area contributed by atoms with Crippen LogP contribution in [0.15, 0.2) is 84.6 Å². The van der Waals surface area contributed by atoms with E-state index in [1.807, 2.05) is 12.1 Å². The molecular weight excluding hydrogens is 423 g/mol. The number of hydrogen-bond donors (Lipinski definition) is 0. The smallest absolute Gasteiger partial charge is 0.289 e. The number of hydrogen-bond acceptors (Lipinski definition) is 2. The molecule has 0 N–H and O–H groups in total. The van der Waals surface area contributed by atoms with E-state index in [1.165, 1.54) is 11.8 Å². The second kappa shape index (κ2) is 8.00. The third-order valence-electron chi connectivity index (χ3n) is 6.03. The van der Waals surface area contributed by atoms with Crippen molar-refractivity contribution in [2.45, 2.75) is 25.9 Å². The number of ketones is 1. The van der Waals surface area contributed by atoms with Crippen LogP contribution in [-0.2, 0) is 6.42 Å². The number of carbonyl (C=O) groups is 1. The third-order valence-corrected chi connectivity index (χ3v) is 6.03. The van der Waals surface area contributed by atoms with Crippen molar-refractivity contribution >= 4 is 22.3 Å². The molecule has 1 aliphatic carbocycles. The van der Waals surface area contributed by atoms with E-state index >= 15 is 0 Å². The molecule has 0 amide bonds. The lowest BCUT2D eigenvalue weighted by atomic mass is 9.93. The molecule has 0 atom stereocenters. The summed E-state index contributed by atoms with van der Waals surface area (Å²) in [6, 6.07) is 22.1. The number of para-hydroxylation sites is 1. The number of Topliss-reactive ketones (excluding diaryl/α,β-unsaturated/α-hetero) is 1. The van der Waals surface area contributed by atoms with E-state index in [-0.39, 0.29) is 11.1 Å². The molecule has 1 heterocycles. The molecule has 3 aromatic carbocycles. The topological polar surface area (TPSA) is 30.0 Å². The minimum absolute atomic E-state index is 0.00776. The Labute approximate surface area is 189 Å². The number of aromatic nitrogens is 1. The molecule has 33 heavy (non-hydrogen) atoms. The second-order valence-electron chi connectivity index (χ2n) is 8.17. The van der Waals surface area contributed by atoms with Gasteiger partial charge >= 0.3 is 6.18 Å². The molecule has 2 nitrogen and oxygen atoms in total. The van der Waals surface area contributed by atoms with Crippen molar-refractivity contribution in [3.63, 3.8) is 0 Å². The van der Waals surface area contributed by atoms with Gasteiger partial charge in [-0.1, -0.05) is 80.1 Å². The standard InChI is InChI=1S/C28H20F3NO/c1-2-5-17-8-10-18(11-9-17)19-12-14-20(15-13-19)24-25-21-6-3-4-7-23(21)32-16-22(25)27(33)26(24)28(29,30)31/h3-4,6-16H,2,5H2,1H3. The maximum atomic E-state index is 14.1. The van der Waals surface area contributed by atoms with Crippen molar-refractivity contribution in [3.8, 4) is 11.1 Å². The summed E-state index contributed by atoms with van der Waals surface area (Å²) in [5, 5.41) is 0.535. The van der Waals surface area contributed by atoms with Crippen LogP contribution < -0.4 is 0 Å². The Kier molecular flexibility index (Phi) is 5.12. The summed E-state index contributed by atoms with van der Waals surface area (Å²) in [6.07, 6.45) is -1.45. The van der Waals surface area contributed by atoms with E-state index in [4.69, 9.17) is 0 Å². The van der Waals surface area contributed by atoms with Gasteiger partial charge < -0.3 is 0 Å². The monoisotopic (exact) mass is 443 g/mol. The largest absolute Gasteiger partial charge is 0.420 e. The van der Waals surface area contributed by atoms with Gasteiger partial charge in [0.05, 0.1) is 5.52 Å². The molecule has 1 aromatic heterocycles. The SMILES string of the molecule is CCCc1ccc(-c2ccc(C3=C(C(F)(F)F)C(=O)c4cnc5ccccc5c43)cc2)cc1. The molecule has 5 rings (SSSR count). The molecule has 5 heteroatoms. The minimum Gasteiger partial charge on any atom is -0.289 e. The number of aryl methyl sites for hydroxylation is 1. The number of pyridine rings is 1. The van der Waals surface area contributed by atoms with Crippen molar-refractivity contribution in [3.05, 3.63) is 107 Å². The van der Waals surface area contributed by atoms with E-state index in [2.05, 4.69) is 24.0 Å². The first kappa shape index (κ1) is 21.1. The molecule has 164 valence electrons. The fraction of sp³-hybridized carbons (Fsp3) is 0.143. The predicted molar refractivity (Wildman–Crippen MR) is 124 cm³/mol. The van der Waals surface area contributed by atoms with Gasteiger partial charge in [0.15, 0.2) is 0 Å². The molecule has 0 fully saturated rings. The lowest BCUT2D eigenvalue weighted by molar-refractivity contribution is -0.0878. The average molecular weight is 443 g/mol. The zero-order valence-corrected chi connectivity index (χ0v) is 17.9. The van der Waals surface area contributed by atoms with Crippen LogP contribution in [0.5, 0.6) is 0 Å². The van der Waals surface area contributed by atoms with Crippen LogP contribution >= 0.6 is 0 Å². The average Bonchev–Trinajstić information content (AvgIpc) is 3.13. The third kappa shape index (κ3) is 3.63. The van der Waals surface area contributed by atoms with Gasteiger partial charge in [0.1, 0.15) is 5.57 Å². The van der Waals surface area contributed by atoms with Crippen LogP contribution in [0.2, 0.25) is 0 Å². The Balaban J connectivity index is 1.65. The summed E-state index contributed by atoms with van der Waals surface area (Å²) in [7, 11) is 0. The Morgan fingerprint density at radius 1 is 0.818 bits per heavy atom. The molecule has 0 saturated heterocycles. The summed E-state index contributed by atoms with van der Waals surface area (Å²) in [5.41, 5.74) is 3.13. The van der Waals surface area contributed by atoms with E-state index in [0.717, 1.165) is 24.0 Å². The normalized spacial score (nSPS) is 13.6. The number of alkyl halides is 3. The van der Waals surface area contributed by atoms with Gasteiger partial charge in [-0.05, 0) is 34.7 Å². The first-order valence-electron chi connectivity index (χ1n) is 10.8. The number of benzene rings is 3. The number of carbonyl (C=O) groups excluding carboxylic acids is 1. The van der Waals surface area contributed by atoms with Crippen molar-refractivity contribution in [1.82, 2.24) is 4.98 Å². The fourth-order valence-electron chi connectivity index (χ4n) is 4.50. The molecule has 4 aromatic rings. The summed E-state index contributed by atoms with van der Waals surface area (Å²) >= 11 is 0. The van der Waals surface area contributed by atoms with Gasteiger partial charge in [-0.3, -0.25) is 9.78 Å². The lowest BCUT2D eigenvalue weighted by Gasteiger charge is -2.13. The van der Waals surface area contributed by atoms with Gasteiger partial charge in [-0.15, -0.1) is 0 Å². The highest BCUT2D eigenvalue weighted by Gasteiger charge is 2.47. The number of nitrogens with zero attached hydrogens (tertiary/aromatic N) is 1. The summed E-state index contributed by atoms with van der Waals surface area (Å²) in [5.74, 6) is -1.03. The molecule has 0 radical (unpaired) electrons. The lowest BCUT2D eigenvalue weighted by Crippen LogP contribution is -2.18. The van der Waals surface area contributed by atoms with Gasteiger partial charge in [-0.2, -0.15) is 13.2 Å². The Morgan fingerprint density at radius 3 is 2.06 bits per heavy atom. The van der Waals surface area contributed by atoms with Gasteiger partial charge in [0.2, 0.25) is 5.78 Å². The maximum Gasteiger partial charge on any atom is 0.420 e. The van der Waals surface area contributed by atoms with Crippen molar-refractivity contribution in [2.24, 2.45) is 0 Å².